The number of hydrogen-bond donors (Lipinski definition) is 1. The van der Waals surface area contributed by atoms with Crippen molar-refractivity contribution in [2.45, 2.75) is 13.0 Å². The molecule has 0 bridgehead atoms. The topological polar surface area (TPSA) is 12.0 Å². The Morgan fingerprint density at radius 3 is 2.45 bits per heavy atom. The van der Waals surface area contributed by atoms with Crippen LogP contribution in [0.4, 0.5) is 8.78 Å². The third-order valence-electron chi connectivity index (χ3n) is 2.98. The zero-order valence-electron chi connectivity index (χ0n) is 10.8. The van der Waals surface area contributed by atoms with Crippen LogP contribution in [0.5, 0.6) is 0 Å². The van der Waals surface area contributed by atoms with Crippen LogP contribution in [0, 0.1) is 15.2 Å². The average molecular weight is 408 g/mol. The van der Waals surface area contributed by atoms with Gasteiger partial charge in [-0.15, -0.1) is 0 Å². The van der Waals surface area contributed by atoms with Crippen molar-refractivity contribution in [3.8, 4) is 0 Å². The summed E-state index contributed by atoms with van der Waals surface area (Å²) in [5, 5.41) is 3.48. The van der Waals surface area contributed by atoms with Crippen molar-refractivity contribution in [2.24, 2.45) is 0 Å². The first-order valence-corrected chi connectivity index (χ1v) is 7.62. The molecule has 1 atom stereocenters. The molecule has 1 unspecified atom stereocenters. The van der Waals surface area contributed by atoms with E-state index >= 15 is 0 Å². The largest absolute Gasteiger partial charge is 0.306 e. The number of halogens is 4. The average Bonchev–Trinajstić information content (AvgIpc) is 2.42. The molecule has 0 saturated heterocycles. The van der Waals surface area contributed by atoms with E-state index in [4.69, 9.17) is 11.6 Å². The highest BCUT2D eigenvalue weighted by Gasteiger charge is 2.20. The number of nitrogens with one attached hydrogen (secondary N) is 1. The van der Waals surface area contributed by atoms with Gasteiger partial charge in [-0.2, -0.15) is 0 Å². The molecule has 0 aromatic heterocycles. The van der Waals surface area contributed by atoms with Gasteiger partial charge in [-0.25, -0.2) is 8.78 Å². The molecule has 0 spiro atoms. The molecule has 106 valence electrons. The maximum Gasteiger partial charge on any atom is 0.160 e. The van der Waals surface area contributed by atoms with E-state index in [1.807, 2.05) is 31.2 Å². The van der Waals surface area contributed by atoms with Crippen LogP contribution in [0.25, 0.3) is 0 Å². The standard InChI is InChI=1S/C15H13ClF2IN/c1-2-20-15(9-5-3-4-6-14(9)19)10-7-12(17)13(18)8-11(10)16/h3-8,15,20H,2H2,1H3. The van der Waals surface area contributed by atoms with Gasteiger partial charge in [0.05, 0.1) is 6.04 Å². The lowest BCUT2D eigenvalue weighted by molar-refractivity contribution is 0.504. The molecule has 0 radical (unpaired) electrons. The van der Waals surface area contributed by atoms with Crippen molar-refractivity contribution < 1.29 is 8.78 Å². The highest BCUT2D eigenvalue weighted by atomic mass is 127. The molecule has 2 rings (SSSR count). The fourth-order valence-electron chi connectivity index (χ4n) is 2.06. The van der Waals surface area contributed by atoms with E-state index < -0.39 is 11.6 Å². The van der Waals surface area contributed by atoms with E-state index in [0.29, 0.717) is 12.1 Å². The maximum absolute atomic E-state index is 13.5. The van der Waals surface area contributed by atoms with Gasteiger partial charge in [0, 0.05) is 8.59 Å². The second-order valence-corrected chi connectivity index (χ2v) is 5.87. The Morgan fingerprint density at radius 2 is 1.80 bits per heavy atom. The van der Waals surface area contributed by atoms with Crippen LogP contribution in [0.3, 0.4) is 0 Å². The van der Waals surface area contributed by atoms with Gasteiger partial charge in [0.25, 0.3) is 0 Å². The summed E-state index contributed by atoms with van der Waals surface area (Å²) in [5.74, 6) is -1.82. The van der Waals surface area contributed by atoms with E-state index in [2.05, 4.69) is 27.9 Å². The molecule has 2 aromatic carbocycles. The first kappa shape index (κ1) is 15.7. The van der Waals surface area contributed by atoms with Crippen LogP contribution in [-0.2, 0) is 0 Å². The van der Waals surface area contributed by atoms with Crippen molar-refractivity contribution >= 4 is 34.2 Å². The Morgan fingerprint density at radius 1 is 1.15 bits per heavy atom. The molecular formula is C15H13ClF2IN. The van der Waals surface area contributed by atoms with Crippen LogP contribution in [0.2, 0.25) is 5.02 Å². The van der Waals surface area contributed by atoms with Crippen molar-refractivity contribution in [1.82, 2.24) is 5.32 Å². The molecule has 1 N–H and O–H groups in total. The predicted molar refractivity (Wildman–Crippen MR) is 86.0 cm³/mol. The molecule has 1 nitrogen and oxygen atoms in total. The van der Waals surface area contributed by atoms with Crippen molar-refractivity contribution in [3.63, 3.8) is 0 Å². The van der Waals surface area contributed by atoms with Crippen molar-refractivity contribution in [1.29, 1.82) is 0 Å². The quantitative estimate of drug-likeness (QED) is 0.560. The lowest BCUT2D eigenvalue weighted by Crippen LogP contribution is -2.23. The second-order valence-electron chi connectivity index (χ2n) is 4.30. The van der Waals surface area contributed by atoms with E-state index in [1.54, 1.807) is 0 Å². The van der Waals surface area contributed by atoms with Crippen molar-refractivity contribution in [2.75, 3.05) is 6.54 Å². The van der Waals surface area contributed by atoms with Gasteiger partial charge in [-0.05, 0) is 58.5 Å². The molecule has 0 fully saturated rings. The summed E-state index contributed by atoms with van der Waals surface area (Å²) in [4.78, 5) is 0. The summed E-state index contributed by atoms with van der Waals surface area (Å²) in [5.41, 5.74) is 1.53. The van der Waals surface area contributed by atoms with Crippen LogP contribution >= 0.6 is 34.2 Å². The van der Waals surface area contributed by atoms with Gasteiger partial charge in [-0.1, -0.05) is 36.7 Å². The number of benzene rings is 2. The highest BCUT2D eigenvalue weighted by Crippen LogP contribution is 2.32. The van der Waals surface area contributed by atoms with Gasteiger partial charge < -0.3 is 5.32 Å². The summed E-state index contributed by atoms with van der Waals surface area (Å²) in [6, 6.07) is 9.67. The summed E-state index contributed by atoms with van der Waals surface area (Å²) >= 11 is 8.30. The van der Waals surface area contributed by atoms with Gasteiger partial charge in [-0.3, -0.25) is 0 Å². The third kappa shape index (κ3) is 3.30. The molecular weight excluding hydrogens is 395 g/mol. The Balaban J connectivity index is 2.54. The van der Waals surface area contributed by atoms with E-state index in [-0.39, 0.29) is 11.1 Å². The predicted octanol–water partition coefficient (Wildman–Crippen LogP) is 4.92. The molecule has 2 aromatic rings. The SMILES string of the molecule is CCNC(c1cc(F)c(F)cc1Cl)c1ccccc1I. The lowest BCUT2D eigenvalue weighted by atomic mass is 9.98. The van der Waals surface area contributed by atoms with E-state index in [0.717, 1.165) is 21.3 Å². The van der Waals surface area contributed by atoms with Crippen LogP contribution in [0.1, 0.15) is 24.1 Å². The van der Waals surface area contributed by atoms with Crippen molar-refractivity contribution in [3.05, 3.63) is 67.8 Å². The minimum atomic E-state index is -0.934. The minimum Gasteiger partial charge on any atom is -0.306 e. The Bertz CT molecular complexity index is 619. The normalized spacial score (nSPS) is 12.4. The summed E-state index contributed by atoms with van der Waals surface area (Å²) in [7, 11) is 0. The zero-order valence-corrected chi connectivity index (χ0v) is 13.7. The van der Waals surface area contributed by atoms with Crippen LogP contribution in [0.15, 0.2) is 36.4 Å². The van der Waals surface area contributed by atoms with Crippen LogP contribution < -0.4 is 5.32 Å². The second kappa shape index (κ2) is 6.83. The summed E-state index contributed by atoms with van der Waals surface area (Å²) in [6.45, 7) is 2.64. The van der Waals surface area contributed by atoms with Gasteiger partial charge in [0.2, 0.25) is 0 Å². The molecule has 5 heteroatoms. The fraction of sp³-hybridized carbons (Fsp3) is 0.200. The fourth-order valence-corrected chi connectivity index (χ4v) is 3.02. The molecule has 0 amide bonds. The monoisotopic (exact) mass is 407 g/mol. The summed E-state index contributed by atoms with van der Waals surface area (Å²) in [6.07, 6.45) is 0. The van der Waals surface area contributed by atoms with E-state index in [9.17, 15) is 8.78 Å². The maximum atomic E-state index is 13.5. The number of hydrogen-bond acceptors (Lipinski definition) is 1. The minimum absolute atomic E-state index is 0.217. The first-order chi connectivity index (χ1) is 9.54. The molecule has 20 heavy (non-hydrogen) atoms. The molecule has 0 aliphatic carbocycles. The summed E-state index contributed by atoms with van der Waals surface area (Å²) < 4.78 is 27.8. The smallest absolute Gasteiger partial charge is 0.160 e. The molecule has 0 aliphatic heterocycles. The molecule has 0 heterocycles. The van der Waals surface area contributed by atoms with Gasteiger partial charge in [0.15, 0.2) is 11.6 Å². The lowest BCUT2D eigenvalue weighted by Gasteiger charge is -2.21. The van der Waals surface area contributed by atoms with E-state index in [1.165, 1.54) is 0 Å². The van der Waals surface area contributed by atoms with Gasteiger partial charge in [0.1, 0.15) is 0 Å². The molecule has 0 aliphatic rings. The van der Waals surface area contributed by atoms with Crippen LogP contribution in [-0.4, -0.2) is 6.54 Å². The third-order valence-corrected chi connectivity index (χ3v) is 4.28. The molecule has 0 saturated carbocycles. The first-order valence-electron chi connectivity index (χ1n) is 6.16. The highest BCUT2D eigenvalue weighted by molar-refractivity contribution is 14.1. The number of rotatable bonds is 4. The Labute approximate surface area is 135 Å². The van der Waals surface area contributed by atoms with Gasteiger partial charge >= 0.3 is 0 Å². The zero-order chi connectivity index (χ0) is 14.7. The Kier molecular flexibility index (Phi) is 5.35. The Hall–Kier alpha value is -0.720.